The topological polar surface area (TPSA) is 66.5 Å². The standard InChI is InChI=1S/C24H25BrN2O3/c25-13-3-5-14(6-4-13)26-22(28)12-1-7-15(8-2-12)27-23(29)20-16-9-10-17(19-11-18(16)19)21(20)24(27)30/h3-6,9-10,12,15-21H,1-2,7-8,11H2,(H,26,28). The van der Waals surface area contributed by atoms with Crippen molar-refractivity contribution in [3.63, 3.8) is 0 Å². The number of amides is 3. The Morgan fingerprint density at radius 2 is 1.47 bits per heavy atom. The molecule has 2 bridgehead atoms. The number of likely N-dealkylation sites (tertiary alicyclic amines) is 1. The molecule has 0 radical (unpaired) electrons. The first-order chi connectivity index (χ1) is 14.5. The largest absolute Gasteiger partial charge is 0.326 e. The van der Waals surface area contributed by atoms with Gasteiger partial charge in [0.25, 0.3) is 0 Å². The fourth-order valence-electron chi connectivity index (χ4n) is 6.71. The van der Waals surface area contributed by atoms with Gasteiger partial charge in [-0.3, -0.25) is 19.3 Å². The number of nitrogens with zero attached hydrogens (tertiary/aromatic N) is 1. The van der Waals surface area contributed by atoms with Crippen LogP contribution in [0.4, 0.5) is 5.69 Å². The molecule has 1 N–H and O–H groups in total. The van der Waals surface area contributed by atoms with E-state index in [2.05, 4.69) is 33.4 Å². The van der Waals surface area contributed by atoms with Gasteiger partial charge in [-0.25, -0.2) is 0 Å². The Labute approximate surface area is 184 Å². The van der Waals surface area contributed by atoms with Crippen LogP contribution in [0, 0.1) is 41.4 Å². The summed E-state index contributed by atoms with van der Waals surface area (Å²) in [5.41, 5.74) is 0.792. The van der Waals surface area contributed by atoms with E-state index in [0.717, 1.165) is 35.8 Å². The Morgan fingerprint density at radius 3 is 2.03 bits per heavy atom. The molecule has 6 heteroatoms. The lowest BCUT2D eigenvalue weighted by atomic mass is 9.63. The predicted octanol–water partition coefficient (Wildman–Crippen LogP) is 4.00. The number of nitrogens with one attached hydrogen (secondary N) is 1. The Morgan fingerprint density at radius 1 is 0.900 bits per heavy atom. The summed E-state index contributed by atoms with van der Waals surface area (Å²) in [4.78, 5) is 40.8. The highest BCUT2D eigenvalue weighted by Crippen LogP contribution is 2.65. The van der Waals surface area contributed by atoms with Gasteiger partial charge in [0, 0.05) is 22.1 Å². The summed E-state index contributed by atoms with van der Waals surface area (Å²) >= 11 is 3.40. The quantitative estimate of drug-likeness (QED) is 0.538. The fraction of sp³-hybridized carbons (Fsp3) is 0.542. The molecular formula is C24H25BrN2O3. The van der Waals surface area contributed by atoms with E-state index in [9.17, 15) is 14.4 Å². The third-order valence-electron chi connectivity index (χ3n) is 8.24. The number of allylic oxidation sites excluding steroid dienone is 2. The first-order valence-corrected chi connectivity index (χ1v) is 11.9. The van der Waals surface area contributed by atoms with Gasteiger partial charge in [-0.05, 0) is 80.0 Å². The number of benzene rings is 1. The maximum absolute atomic E-state index is 13.3. The van der Waals surface area contributed by atoms with Crippen molar-refractivity contribution < 1.29 is 14.4 Å². The summed E-state index contributed by atoms with van der Waals surface area (Å²) in [6.07, 6.45) is 8.52. The minimum absolute atomic E-state index is 0.0332. The average Bonchev–Trinajstić information content (AvgIpc) is 3.53. The number of hydrogen-bond acceptors (Lipinski definition) is 3. The third kappa shape index (κ3) is 2.75. The molecule has 4 fully saturated rings. The molecule has 5 aliphatic carbocycles. The van der Waals surface area contributed by atoms with Crippen LogP contribution < -0.4 is 5.32 Å². The molecule has 6 unspecified atom stereocenters. The molecule has 3 amide bonds. The van der Waals surface area contributed by atoms with E-state index in [-0.39, 0.29) is 53.4 Å². The van der Waals surface area contributed by atoms with Crippen molar-refractivity contribution in [3.05, 3.63) is 40.9 Å². The van der Waals surface area contributed by atoms with Crippen LogP contribution in [0.15, 0.2) is 40.9 Å². The lowest BCUT2D eigenvalue weighted by Gasteiger charge is -2.37. The van der Waals surface area contributed by atoms with Crippen LogP contribution in [0.3, 0.4) is 0 Å². The van der Waals surface area contributed by atoms with Crippen molar-refractivity contribution in [3.8, 4) is 0 Å². The Hall–Kier alpha value is -1.95. The number of rotatable bonds is 3. The average molecular weight is 469 g/mol. The van der Waals surface area contributed by atoms with Crippen LogP contribution >= 0.6 is 15.9 Å². The number of halogens is 1. The highest BCUT2D eigenvalue weighted by molar-refractivity contribution is 9.10. The van der Waals surface area contributed by atoms with Crippen LogP contribution in [-0.2, 0) is 14.4 Å². The SMILES string of the molecule is O=C(Nc1ccc(Br)cc1)C1CCC(N2C(=O)C3C4C=CC(C5CC45)C3C2=O)CC1. The summed E-state index contributed by atoms with van der Waals surface area (Å²) in [6.45, 7) is 0. The highest BCUT2D eigenvalue weighted by Gasteiger charge is 2.67. The van der Waals surface area contributed by atoms with Crippen molar-refractivity contribution in [2.75, 3.05) is 5.32 Å². The molecule has 0 spiro atoms. The van der Waals surface area contributed by atoms with Crippen molar-refractivity contribution >= 4 is 39.3 Å². The molecule has 6 atom stereocenters. The molecule has 5 nitrogen and oxygen atoms in total. The van der Waals surface area contributed by atoms with E-state index in [1.54, 1.807) is 4.90 Å². The summed E-state index contributed by atoms with van der Waals surface area (Å²) in [6, 6.07) is 7.53. The predicted molar refractivity (Wildman–Crippen MR) is 115 cm³/mol. The summed E-state index contributed by atoms with van der Waals surface area (Å²) in [5.74, 6) is 1.70. The zero-order valence-electron chi connectivity index (χ0n) is 16.7. The van der Waals surface area contributed by atoms with Crippen molar-refractivity contribution in [2.24, 2.45) is 41.4 Å². The van der Waals surface area contributed by atoms with Gasteiger partial charge >= 0.3 is 0 Å². The maximum atomic E-state index is 13.3. The van der Waals surface area contributed by atoms with E-state index < -0.39 is 0 Å². The van der Waals surface area contributed by atoms with E-state index in [1.165, 1.54) is 6.42 Å². The van der Waals surface area contributed by atoms with Crippen LogP contribution in [0.5, 0.6) is 0 Å². The number of hydrogen-bond donors (Lipinski definition) is 1. The summed E-state index contributed by atoms with van der Waals surface area (Å²) in [5, 5.41) is 3.00. The number of imide groups is 1. The third-order valence-corrected chi connectivity index (χ3v) is 8.77. The van der Waals surface area contributed by atoms with Crippen LogP contribution in [0.2, 0.25) is 0 Å². The summed E-state index contributed by atoms with van der Waals surface area (Å²) in [7, 11) is 0. The van der Waals surface area contributed by atoms with E-state index in [1.807, 2.05) is 24.3 Å². The molecule has 1 aromatic carbocycles. The molecule has 6 aliphatic rings. The Kier molecular flexibility index (Phi) is 4.24. The van der Waals surface area contributed by atoms with Crippen molar-refractivity contribution in [2.45, 2.75) is 38.1 Å². The van der Waals surface area contributed by atoms with Gasteiger partial charge < -0.3 is 5.32 Å². The normalized spacial score (nSPS) is 40.9. The van der Waals surface area contributed by atoms with Gasteiger partial charge in [-0.2, -0.15) is 0 Å². The summed E-state index contributed by atoms with van der Waals surface area (Å²) < 4.78 is 0.975. The molecule has 1 aliphatic heterocycles. The molecule has 0 aromatic heterocycles. The monoisotopic (exact) mass is 468 g/mol. The molecule has 1 saturated heterocycles. The van der Waals surface area contributed by atoms with Gasteiger partial charge in [-0.15, -0.1) is 0 Å². The number of carbonyl (C=O) groups excluding carboxylic acids is 3. The first kappa shape index (κ1) is 18.8. The van der Waals surface area contributed by atoms with Gasteiger partial charge in [0.2, 0.25) is 17.7 Å². The van der Waals surface area contributed by atoms with Gasteiger partial charge in [0.05, 0.1) is 11.8 Å². The van der Waals surface area contributed by atoms with Crippen LogP contribution in [0.1, 0.15) is 32.1 Å². The van der Waals surface area contributed by atoms with Gasteiger partial charge in [-0.1, -0.05) is 28.1 Å². The zero-order valence-corrected chi connectivity index (χ0v) is 18.3. The second kappa shape index (κ2) is 6.78. The smallest absolute Gasteiger partial charge is 0.233 e. The molecule has 1 aromatic rings. The van der Waals surface area contributed by atoms with Crippen molar-refractivity contribution in [1.82, 2.24) is 4.90 Å². The van der Waals surface area contributed by atoms with Crippen LogP contribution in [-0.4, -0.2) is 28.7 Å². The minimum atomic E-state index is -0.116. The lowest BCUT2D eigenvalue weighted by Crippen LogP contribution is -2.44. The maximum Gasteiger partial charge on any atom is 0.233 e. The van der Waals surface area contributed by atoms with Crippen molar-refractivity contribution in [1.29, 1.82) is 0 Å². The second-order valence-corrected chi connectivity index (χ2v) is 10.6. The van der Waals surface area contributed by atoms with Crippen LogP contribution in [0.25, 0.3) is 0 Å². The number of carbonyl (C=O) groups is 3. The van der Waals surface area contributed by atoms with Gasteiger partial charge in [0.15, 0.2) is 0 Å². The molecule has 3 saturated carbocycles. The molecular weight excluding hydrogens is 444 g/mol. The molecule has 7 rings (SSSR count). The first-order valence-electron chi connectivity index (χ1n) is 11.1. The van der Waals surface area contributed by atoms with E-state index >= 15 is 0 Å². The minimum Gasteiger partial charge on any atom is -0.326 e. The van der Waals surface area contributed by atoms with E-state index in [4.69, 9.17) is 0 Å². The molecule has 156 valence electrons. The van der Waals surface area contributed by atoms with Gasteiger partial charge in [0.1, 0.15) is 0 Å². The highest BCUT2D eigenvalue weighted by atomic mass is 79.9. The molecule has 30 heavy (non-hydrogen) atoms. The Balaban J connectivity index is 1.11. The Bertz CT molecular complexity index is 914. The zero-order chi connectivity index (χ0) is 20.6. The second-order valence-electron chi connectivity index (χ2n) is 9.70. The van der Waals surface area contributed by atoms with E-state index in [0.29, 0.717) is 11.8 Å². The fourth-order valence-corrected chi connectivity index (χ4v) is 6.98. The lowest BCUT2D eigenvalue weighted by molar-refractivity contribution is -0.144. The number of anilines is 1. The molecule has 1 heterocycles.